The number of fused-ring (bicyclic) bond motifs is 9. The lowest BCUT2D eigenvalue weighted by atomic mass is 9.65. The molecule has 1 aromatic carbocycles. The van der Waals surface area contributed by atoms with E-state index in [2.05, 4.69) is 0 Å². The van der Waals surface area contributed by atoms with Gasteiger partial charge in [0.15, 0.2) is 0 Å². The van der Waals surface area contributed by atoms with Crippen molar-refractivity contribution in [3.05, 3.63) is 23.3 Å². The maximum Gasteiger partial charge on any atom is 0.432 e. The number of hydrogen-bond donors (Lipinski definition) is 1. The zero-order valence-electron chi connectivity index (χ0n) is 24.0. The Morgan fingerprint density at radius 2 is 1.54 bits per heavy atom. The van der Waals surface area contributed by atoms with Gasteiger partial charge in [-0.05, 0) is 118 Å². The van der Waals surface area contributed by atoms with Crippen LogP contribution in [0.3, 0.4) is 0 Å². The first-order valence-corrected chi connectivity index (χ1v) is 18.5. The highest BCUT2D eigenvalue weighted by Crippen LogP contribution is 2.72. The van der Waals surface area contributed by atoms with Gasteiger partial charge >= 0.3 is 21.3 Å². The smallest absolute Gasteiger partial charge is 0.432 e. The van der Waals surface area contributed by atoms with Crippen molar-refractivity contribution in [1.82, 2.24) is 0 Å². The Balaban J connectivity index is 1.26. The van der Waals surface area contributed by atoms with Crippen LogP contribution in [0.1, 0.15) is 69.4 Å². The topological polar surface area (TPSA) is 72.8 Å². The van der Waals surface area contributed by atoms with Gasteiger partial charge in [0.05, 0.1) is 12.7 Å². The molecule has 1 saturated heterocycles. The zero-order valence-corrected chi connectivity index (χ0v) is 25.6. The molecule has 1 aliphatic heterocycles. The molecule has 232 valence electrons. The number of hydrogen-bond acceptors (Lipinski definition) is 5. The van der Waals surface area contributed by atoms with Gasteiger partial charge in [-0.2, -0.15) is 26.0 Å². The van der Waals surface area contributed by atoms with Gasteiger partial charge < -0.3 is 9.84 Å². The molecule has 0 amide bonds. The van der Waals surface area contributed by atoms with Gasteiger partial charge in [-0.25, -0.2) is 3.63 Å². The second-order valence-electron chi connectivity index (χ2n) is 13.3. The summed E-state index contributed by atoms with van der Waals surface area (Å²) in [6, 6.07) is 3.45. The third-order valence-electron chi connectivity index (χ3n) is 11.0. The number of alkyl halides is 4. The summed E-state index contributed by atoms with van der Waals surface area (Å²) in [6.45, 7) is 6.20. The summed E-state index contributed by atoms with van der Waals surface area (Å²) in [4.78, 5) is 0.485. The summed E-state index contributed by atoms with van der Waals surface area (Å²) in [5, 5.41) is 4.99. The van der Waals surface area contributed by atoms with Gasteiger partial charge in [-0.3, -0.25) is 0 Å². The molecule has 4 aliphatic carbocycles. The number of aliphatic hydroxyl groups is 1. The fraction of sp³-hybridized carbons (Fsp3) is 0.800. The number of halogens is 4. The lowest BCUT2D eigenvalue weighted by Gasteiger charge is -2.44. The molecule has 1 heterocycles. The van der Waals surface area contributed by atoms with Crippen molar-refractivity contribution in [3.8, 4) is 5.75 Å². The Labute approximate surface area is 242 Å². The molecule has 0 aromatic heterocycles. The molecule has 41 heavy (non-hydrogen) atoms. The lowest BCUT2D eigenvalue weighted by molar-refractivity contribution is -0.210. The van der Waals surface area contributed by atoms with Crippen molar-refractivity contribution >= 4 is 20.4 Å². The minimum Gasteiger partial charge on any atom is -0.493 e. The van der Waals surface area contributed by atoms with Gasteiger partial charge in [-0.15, -0.1) is 0 Å². The Bertz CT molecular complexity index is 1260. The SMILES string of the molecule is CCCCOc1c(C)cc(S2(OS(=O)(=O)C(F)(F)C(F)(F)C3CC4CC3C3C5CC(O)C(C5)C43)CCCC2)cc1C. The fourth-order valence-corrected chi connectivity index (χ4v) is 15.2. The summed E-state index contributed by atoms with van der Waals surface area (Å²) >= 11 is 0. The predicted molar refractivity (Wildman–Crippen MR) is 150 cm³/mol. The minimum atomic E-state index is -5.97. The monoisotopic (exact) mass is 622 g/mol. The van der Waals surface area contributed by atoms with Gasteiger partial charge in [0.25, 0.3) is 0 Å². The summed E-state index contributed by atoms with van der Waals surface area (Å²) in [5.41, 5.74) is 1.47. The summed E-state index contributed by atoms with van der Waals surface area (Å²) in [5.74, 6) is -6.08. The van der Waals surface area contributed by atoms with Crippen molar-refractivity contribution < 1.29 is 39.5 Å². The van der Waals surface area contributed by atoms with Gasteiger partial charge in [-0.1, -0.05) is 23.7 Å². The largest absolute Gasteiger partial charge is 0.493 e. The molecule has 8 atom stereocenters. The van der Waals surface area contributed by atoms with E-state index in [0.29, 0.717) is 42.9 Å². The van der Waals surface area contributed by atoms with Crippen LogP contribution in [0.5, 0.6) is 5.75 Å². The van der Waals surface area contributed by atoms with Crippen LogP contribution in [-0.4, -0.2) is 48.9 Å². The molecule has 5 nitrogen and oxygen atoms in total. The van der Waals surface area contributed by atoms with E-state index in [0.717, 1.165) is 30.4 Å². The number of rotatable bonds is 10. The first kappa shape index (κ1) is 30.0. The van der Waals surface area contributed by atoms with Crippen LogP contribution in [-0.2, 0) is 13.7 Å². The second kappa shape index (κ2) is 10.3. The van der Waals surface area contributed by atoms with Crippen LogP contribution < -0.4 is 4.74 Å². The number of aliphatic hydroxyl groups excluding tert-OH is 1. The number of benzene rings is 1. The molecule has 0 spiro atoms. The maximum absolute atomic E-state index is 15.9. The molecular formula is C30H42F4O5S2. The molecule has 11 heteroatoms. The van der Waals surface area contributed by atoms with E-state index in [1.807, 2.05) is 20.8 Å². The van der Waals surface area contributed by atoms with Gasteiger partial charge in [0.1, 0.15) is 5.75 Å². The Morgan fingerprint density at radius 1 is 0.951 bits per heavy atom. The third-order valence-corrected chi connectivity index (χ3v) is 16.6. The molecule has 5 fully saturated rings. The standard InChI is InChI=1S/C30H42F4O5S2/c1-4-5-8-38-28-17(2)11-21(12-18(28)3)40(9-6-7-10-40)39-41(36,37)30(33,34)29(31,32)24-15-19-13-22(24)26-20-14-23(27(19)26)25(35)16-20/h11-12,19-20,22-27,35H,4-10,13-16H2,1-3H3. The van der Waals surface area contributed by atoms with E-state index in [4.69, 9.17) is 8.37 Å². The number of ether oxygens (including phenoxy) is 1. The highest BCUT2D eigenvalue weighted by molar-refractivity contribution is 8.33. The van der Waals surface area contributed by atoms with E-state index in [-0.39, 0.29) is 47.5 Å². The van der Waals surface area contributed by atoms with Crippen molar-refractivity contribution in [2.24, 2.45) is 41.4 Å². The highest BCUT2D eigenvalue weighted by atomic mass is 32.3. The first-order valence-electron chi connectivity index (χ1n) is 15.2. The van der Waals surface area contributed by atoms with E-state index < -0.39 is 49.5 Å². The van der Waals surface area contributed by atoms with Crippen molar-refractivity contribution in [2.75, 3.05) is 18.1 Å². The maximum atomic E-state index is 15.9. The summed E-state index contributed by atoms with van der Waals surface area (Å²) in [6.07, 6.45) is 4.10. The van der Waals surface area contributed by atoms with Crippen LogP contribution in [0.15, 0.2) is 17.0 Å². The predicted octanol–water partition coefficient (Wildman–Crippen LogP) is 7.22. The van der Waals surface area contributed by atoms with Crippen molar-refractivity contribution in [1.29, 1.82) is 0 Å². The van der Waals surface area contributed by atoms with Crippen molar-refractivity contribution in [3.63, 3.8) is 0 Å². The lowest BCUT2D eigenvalue weighted by Crippen LogP contribution is -2.55. The average molecular weight is 623 g/mol. The molecule has 8 unspecified atom stereocenters. The zero-order chi connectivity index (χ0) is 29.5. The normalized spacial score (nSPS) is 36.6. The molecule has 4 bridgehead atoms. The molecule has 4 saturated carbocycles. The van der Waals surface area contributed by atoms with Gasteiger partial charge in [0, 0.05) is 22.3 Å². The minimum absolute atomic E-state index is 0.0571. The molecular weight excluding hydrogens is 580 g/mol. The molecule has 1 aromatic rings. The first-order chi connectivity index (χ1) is 19.2. The quantitative estimate of drug-likeness (QED) is 0.170. The molecule has 1 N–H and O–H groups in total. The summed E-state index contributed by atoms with van der Waals surface area (Å²) in [7, 11) is -8.75. The highest BCUT2D eigenvalue weighted by Gasteiger charge is 2.76. The molecule has 6 rings (SSSR count). The van der Waals surface area contributed by atoms with Crippen LogP contribution >= 0.6 is 10.3 Å². The van der Waals surface area contributed by atoms with Crippen LogP contribution in [0.4, 0.5) is 17.6 Å². The molecule has 5 aliphatic rings. The number of unbranched alkanes of at least 4 members (excludes halogenated alkanes) is 1. The Hall–Kier alpha value is -1.04. The van der Waals surface area contributed by atoms with Gasteiger partial charge in [0.2, 0.25) is 0 Å². The third kappa shape index (κ3) is 4.48. The van der Waals surface area contributed by atoms with Crippen LogP contribution in [0, 0.1) is 55.3 Å². The van der Waals surface area contributed by atoms with Crippen LogP contribution in [0.25, 0.3) is 0 Å². The van der Waals surface area contributed by atoms with E-state index in [9.17, 15) is 13.5 Å². The second-order valence-corrected chi connectivity index (χ2v) is 18.2. The van der Waals surface area contributed by atoms with Crippen LogP contribution in [0.2, 0.25) is 0 Å². The van der Waals surface area contributed by atoms with E-state index >= 15 is 17.6 Å². The Kier molecular flexibility index (Phi) is 7.51. The van der Waals surface area contributed by atoms with E-state index in [1.165, 1.54) is 0 Å². The summed E-state index contributed by atoms with van der Waals surface area (Å²) < 4.78 is 101. The fourth-order valence-electron chi connectivity index (χ4n) is 9.37. The van der Waals surface area contributed by atoms with Crippen molar-refractivity contribution in [2.45, 2.75) is 94.3 Å². The Morgan fingerprint density at radius 3 is 2.17 bits per heavy atom. The van der Waals surface area contributed by atoms with E-state index in [1.54, 1.807) is 12.1 Å². The number of aryl methyl sites for hydroxylation is 2. The average Bonchev–Trinajstić information content (AvgIpc) is 3.71. The molecule has 0 radical (unpaired) electrons.